The summed E-state index contributed by atoms with van der Waals surface area (Å²) in [6.07, 6.45) is 5.46. The maximum absolute atomic E-state index is 12.4. The number of hydrogen-bond acceptors (Lipinski definition) is 3. The van der Waals surface area contributed by atoms with E-state index in [1.54, 1.807) is 0 Å². The molecule has 3 saturated heterocycles. The van der Waals surface area contributed by atoms with Crippen LogP contribution in [0.2, 0.25) is 0 Å². The molecule has 0 spiro atoms. The Morgan fingerprint density at radius 2 is 2.20 bits per heavy atom. The van der Waals surface area contributed by atoms with Crippen molar-refractivity contribution in [2.75, 3.05) is 19.7 Å². The largest absolute Gasteiger partial charge is 0.494 e. The number of ether oxygens (including phenoxy) is 1. The zero-order chi connectivity index (χ0) is 13.9. The summed E-state index contributed by atoms with van der Waals surface area (Å²) in [5, 5.41) is 0. The van der Waals surface area contributed by atoms with Gasteiger partial charge in [0.25, 0.3) is 0 Å². The smallest absolute Gasteiger partial charge is 0.187 e. The molecular formula is C17H21NO2. The molecule has 1 aromatic rings. The Morgan fingerprint density at radius 3 is 2.85 bits per heavy atom. The van der Waals surface area contributed by atoms with Crippen LogP contribution in [0.25, 0.3) is 0 Å². The van der Waals surface area contributed by atoms with Crippen molar-refractivity contribution < 1.29 is 9.53 Å². The molecule has 0 saturated carbocycles. The summed E-state index contributed by atoms with van der Waals surface area (Å²) < 4.78 is 5.45. The highest BCUT2D eigenvalue weighted by molar-refractivity contribution is 6.05. The van der Waals surface area contributed by atoms with Gasteiger partial charge in [-0.2, -0.15) is 0 Å². The molecule has 0 atom stereocenters. The van der Waals surface area contributed by atoms with Crippen LogP contribution in [0.1, 0.15) is 36.5 Å². The molecule has 0 N–H and O–H groups in total. The molecule has 0 aliphatic carbocycles. The highest BCUT2D eigenvalue weighted by Crippen LogP contribution is 2.34. The Labute approximate surface area is 120 Å². The van der Waals surface area contributed by atoms with E-state index >= 15 is 0 Å². The first-order chi connectivity index (χ1) is 9.76. The van der Waals surface area contributed by atoms with E-state index in [9.17, 15) is 4.79 Å². The number of rotatable bonds is 4. The van der Waals surface area contributed by atoms with Gasteiger partial charge in [-0.25, -0.2) is 0 Å². The Kier molecular flexibility index (Phi) is 3.77. The molecular weight excluding hydrogens is 250 g/mol. The van der Waals surface area contributed by atoms with E-state index in [1.807, 2.05) is 37.3 Å². The third-order valence-corrected chi connectivity index (χ3v) is 4.25. The third-order valence-electron chi connectivity index (χ3n) is 4.25. The van der Waals surface area contributed by atoms with Gasteiger partial charge in [-0.1, -0.05) is 12.1 Å². The lowest BCUT2D eigenvalue weighted by Crippen LogP contribution is -2.39. The summed E-state index contributed by atoms with van der Waals surface area (Å²) in [6.45, 7) is 4.79. The molecule has 1 aromatic carbocycles. The van der Waals surface area contributed by atoms with Crippen molar-refractivity contribution in [3.8, 4) is 5.75 Å². The van der Waals surface area contributed by atoms with E-state index in [0.29, 0.717) is 12.2 Å². The van der Waals surface area contributed by atoms with Crippen molar-refractivity contribution in [1.29, 1.82) is 0 Å². The van der Waals surface area contributed by atoms with E-state index in [-0.39, 0.29) is 5.78 Å². The Balaban J connectivity index is 1.77. The van der Waals surface area contributed by atoms with Crippen molar-refractivity contribution in [2.45, 2.75) is 26.2 Å². The minimum atomic E-state index is 0.0918. The number of hydrogen-bond donors (Lipinski definition) is 0. The van der Waals surface area contributed by atoms with E-state index in [1.165, 1.54) is 18.5 Å². The van der Waals surface area contributed by atoms with Crippen LogP contribution >= 0.6 is 0 Å². The minimum Gasteiger partial charge on any atom is -0.494 e. The third kappa shape index (κ3) is 2.72. The number of nitrogens with zero attached hydrogens (tertiary/aromatic N) is 1. The zero-order valence-electron chi connectivity index (χ0n) is 12.0. The van der Waals surface area contributed by atoms with E-state index in [0.717, 1.165) is 31.2 Å². The van der Waals surface area contributed by atoms with Gasteiger partial charge >= 0.3 is 0 Å². The molecule has 20 heavy (non-hydrogen) atoms. The first kappa shape index (κ1) is 13.2. The van der Waals surface area contributed by atoms with Crippen LogP contribution in [0.4, 0.5) is 0 Å². The zero-order valence-corrected chi connectivity index (χ0v) is 12.0. The van der Waals surface area contributed by atoms with Gasteiger partial charge in [-0.15, -0.1) is 0 Å². The van der Waals surface area contributed by atoms with Crippen LogP contribution in [0.15, 0.2) is 36.0 Å². The summed E-state index contributed by atoms with van der Waals surface area (Å²) in [4.78, 5) is 14.8. The molecule has 0 unspecified atom stereocenters. The van der Waals surface area contributed by atoms with E-state index in [2.05, 4.69) is 4.90 Å². The van der Waals surface area contributed by atoms with E-state index < -0.39 is 0 Å². The quantitative estimate of drug-likeness (QED) is 0.622. The SMILES string of the molecule is CCOc1cccc(C(=O)/C=C2\CC3CCN2CC3)c1. The van der Waals surface area contributed by atoms with Crippen LogP contribution in [0.3, 0.4) is 0 Å². The maximum atomic E-state index is 12.4. The lowest BCUT2D eigenvalue weighted by molar-refractivity contribution is 0.103. The minimum absolute atomic E-state index is 0.0918. The number of ketones is 1. The Hall–Kier alpha value is -1.77. The lowest BCUT2D eigenvalue weighted by Gasteiger charge is -2.42. The van der Waals surface area contributed by atoms with Crippen LogP contribution in [-0.2, 0) is 0 Å². The van der Waals surface area contributed by atoms with Crippen molar-refractivity contribution in [2.24, 2.45) is 5.92 Å². The average molecular weight is 271 g/mol. The van der Waals surface area contributed by atoms with Crippen molar-refractivity contribution in [3.63, 3.8) is 0 Å². The number of allylic oxidation sites excluding steroid dienone is 2. The monoisotopic (exact) mass is 271 g/mol. The van der Waals surface area contributed by atoms with Crippen LogP contribution < -0.4 is 4.74 Å². The van der Waals surface area contributed by atoms with Gasteiger partial charge in [0.05, 0.1) is 6.61 Å². The topological polar surface area (TPSA) is 29.5 Å². The second kappa shape index (κ2) is 5.70. The van der Waals surface area contributed by atoms with Gasteiger partial charge in [-0.05, 0) is 44.2 Å². The Morgan fingerprint density at radius 1 is 1.40 bits per heavy atom. The number of piperidine rings is 3. The molecule has 106 valence electrons. The summed E-state index contributed by atoms with van der Waals surface area (Å²) in [5.41, 5.74) is 1.94. The van der Waals surface area contributed by atoms with Crippen molar-refractivity contribution in [3.05, 3.63) is 41.6 Å². The molecule has 4 rings (SSSR count). The molecule has 3 heteroatoms. The highest BCUT2D eigenvalue weighted by atomic mass is 16.5. The van der Waals surface area contributed by atoms with Gasteiger partial charge in [0.1, 0.15) is 5.75 Å². The normalized spacial score (nSPS) is 20.4. The predicted octanol–water partition coefficient (Wildman–Crippen LogP) is 3.27. The summed E-state index contributed by atoms with van der Waals surface area (Å²) in [5.74, 6) is 1.64. The highest BCUT2D eigenvalue weighted by Gasteiger charge is 2.29. The molecule has 0 amide bonds. The second-order valence-electron chi connectivity index (χ2n) is 5.60. The lowest BCUT2D eigenvalue weighted by atomic mass is 9.85. The fourth-order valence-electron chi connectivity index (χ4n) is 3.14. The molecule has 3 nitrogen and oxygen atoms in total. The number of carbonyl (C=O) groups excluding carboxylic acids is 1. The molecule has 0 aromatic heterocycles. The number of fused-ring (bicyclic) bond motifs is 3. The Bertz CT molecular complexity index is 528. The predicted molar refractivity (Wildman–Crippen MR) is 78.9 cm³/mol. The average Bonchev–Trinajstić information content (AvgIpc) is 2.49. The van der Waals surface area contributed by atoms with E-state index in [4.69, 9.17) is 4.74 Å². The summed E-state index contributed by atoms with van der Waals surface area (Å²) >= 11 is 0. The first-order valence-electron chi connectivity index (χ1n) is 7.49. The standard InChI is InChI=1S/C17H21NO2/c1-2-20-16-5-3-4-14(11-16)17(19)12-15-10-13-6-8-18(15)9-7-13/h3-5,11-13H,2,6-10H2,1H3/b15-12+. The van der Waals surface area contributed by atoms with Gasteiger partial charge < -0.3 is 9.64 Å². The first-order valence-corrected chi connectivity index (χ1v) is 7.49. The van der Waals surface area contributed by atoms with Gasteiger partial charge in [0.2, 0.25) is 0 Å². The van der Waals surface area contributed by atoms with Crippen LogP contribution in [-0.4, -0.2) is 30.4 Å². The molecule has 3 fully saturated rings. The van der Waals surface area contributed by atoms with Gasteiger partial charge in [0.15, 0.2) is 5.78 Å². The van der Waals surface area contributed by atoms with Crippen molar-refractivity contribution in [1.82, 2.24) is 4.90 Å². The maximum Gasteiger partial charge on any atom is 0.187 e. The van der Waals surface area contributed by atoms with Gasteiger partial charge in [0, 0.05) is 30.4 Å². The van der Waals surface area contributed by atoms with Gasteiger partial charge in [-0.3, -0.25) is 4.79 Å². The molecule has 3 aliphatic heterocycles. The molecule has 3 heterocycles. The molecule has 2 bridgehead atoms. The number of benzene rings is 1. The van der Waals surface area contributed by atoms with Crippen LogP contribution in [0, 0.1) is 5.92 Å². The second-order valence-corrected chi connectivity index (χ2v) is 5.60. The summed E-state index contributed by atoms with van der Waals surface area (Å²) in [6, 6.07) is 7.46. The van der Waals surface area contributed by atoms with Crippen LogP contribution in [0.5, 0.6) is 5.75 Å². The fraction of sp³-hybridized carbons (Fsp3) is 0.471. The number of carbonyl (C=O) groups is 1. The summed E-state index contributed by atoms with van der Waals surface area (Å²) in [7, 11) is 0. The fourth-order valence-corrected chi connectivity index (χ4v) is 3.14. The van der Waals surface area contributed by atoms with Crippen molar-refractivity contribution >= 4 is 5.78 Å². The molecule has 3 aliphatic rings. The molecule has 0 radical (unpaired) electrons.